The minimum Gasteiger partial charge on any atom is -0.478 e. The Kier molecular flexibility index (Phi) is 7.07. The summed E-state index contributed by atoms with van der Waals surface area (Å²) >= 11 is 0. The molecule has 0 radical (unpaired) electrons. The van der Waals surface area contributed by atoms with Gasteiger partial charge in [-0.05, 0) is 77.2 Å². The third-order valence-electron chi connectivity index (χ3n) is 6.54. The van der Waals surface area contributed by atoms with Crippen molar-refractivity contribution in [2.45, 2.75) is 11.8 Å². The molecule has 4 aromatic carbocycles. The second-order valence-corrected chi connectivity index (χ2v) is 8.73. The fourth-order valence-corrected chi connectivity index (χ4v) is 4.57. The lowest BCUT2D eigenvalue weighted by Crippen LogP contribution is -2.32. The van der Waals surface area contributed by atoms with Crippen LogP contribution in [-0.2, 0) is 11.8 Å². The van der Waals surface area contributed by atoms with E-state index >= 15 is 0 Å². The molecule has 0 fully saturated rings. The fourth-order valence-electron chi connectivity index (χ4n) is 4.57. The molecule has 0 aliphatic heterocycles. The maximum atomic E-state index is 11.5. The van der Waals surface area contributed by atoms with Crippen molar-refractivity contribution in [2.24, 2.45) is 0 Å². The van der Waals surface area contributed by atoms with E-state index in [4.69, 9.17) is 0 Å². The van der Waals surface area contributed by atoms with Gasteiger partial charge in [0.2, 0.25) is 0 Å². The van der Waals surface area contributed by atoms with Crippen LogP contribution in [0.25, 0.3) is 0 Å². The zero-order valence-corrected chi connectivity index (χ0v) is 19.9. The fraction of sp³-hybridized carbons (Fsp3) is 0.0667. The van der Waals surface area contributed by atoms with Gasteiger partial charge in [-0.2, -0.15) is 0 Å². The van der Waals surface area contributed by atoms with Crippen molar-refractivity contribution in [2.75, 3.05) is 0 Å². The highest BCUT2D eigenvalue weighted by Crippen LogP contribution is 2.42. The van der Waals surface area contributed by atoms with Gasteiger partial charge in [0.15, 0.2) is 0 Å². The predicted molar refractivity (Wildman–Crippen MR) is 137 cm³/mol. The number of hydrogen-bond donors (Lipinski definition) is 4. The van der Waals surface area contributed by atoms with E-state index in [2.05, 4.69) is 0 Å². The summed E-state index contributed by atoms with van der Waals surface area (Å²) in [6.07, 6.45) is 0.276. The van der Waals surface area contributed by atoms with E-state index in [9.17, 15) is 39.6 Å². The highest BCUT2D eigenvalue weighted by Gasteiger charge is 2.37. The molecule has 0 spiro atoms. The van der Waals surface area contributed by atoms with Gasteiger partial charge in [0.1, 0.15) is 0 Å². The van der Waals surface area contributed by atoms with Gasteiger partial charge in [0.25, 0.3) is 0 Å². The van der Waals surface area contributed by atoms with Crippen LogP contribution < -0.4 is 0 Å². The quantitative estimate of drug-likeness (QED) is 0.228. The van der Waals surface area contributed by atoms with Crippen LogP contribution in [0.5, 0.6) is 0 Å². The van der Waals surface area contributed by atoms with Crippen LogP contribution in [0.15, 0.2) is 97.1 Å². The first kappa shape index (κ1) is 25.8. The van der Waals surface area contributed by atoms with Crippen LogP contribution >= 0.6 is 0 Å². The minimum atomic E-state index is -1.09. The molecule has 0 aliphatic carbocycles. The van der Waals surface area contributed by atoms with Gasteiger partial charge in [-0.1, -0.05) is 48.5 Å². The van der Waals surface area contributed by atoms with E-state index in [0.29, 0.717) is 16.7 Å². The van der Waals surface area contributed by atoms with E-state index in [-0.39, 0.29) is 28.7 Å². The molecular weight excluding hydrogens is 488 g/mol. The molecular formula is C30H22O8. The molecule has 8 heteroatoms. The topological polar surface area (TPSA) is 149 Å². The average Bonchev–Trinajstić information content (AvgIpc) is 2.92. The molecule has 190 valence electrons. The molecule has 8 nitrogen and oxygen atoms in total. The molecule has 0 heterocycles. The molecule has 4 rings (SSSR count). The Morgan fingerprint density at radius 2 is 0.658 bits per heavy atom. The van der Waals surface area contributed by atoms with Gasteiger partial charge in [-0.3, -0.25) is 0 Å². The number of rotatable bonds is 9. The molecule has 0 aromatic heterocycles. The Hall–Kier alpha value is -5.24. The maximum absolute atomic E-state index is 11.5. The first-order valence-corrected chi connectivity index (χ1v) is 11.5. The Balaban J connectivity index is 2.00. The van der Waals surface area contributed by atoms with Crippen molar-refractivity contribution in [3.63, 3.8) is 0 Å². The zero-order chi connectivity index (χ0) is 27.4. The van der Waals surface area contributed by atoms with Gasteiger partial charge in [0.05, 0.1) is 22.3 Å². The van der Waals surface area contributed by atoms with Crippen LogP contribution in [0.3, 0.4) is 0 Å². The van der Waals surface area contributed by atoms with Crippen LogP contribution in [-0.4, -0.2) is 44.3 Å². The van der Waals surface area contributed by atoms with Gasteiger partial charge in [0, 0.05) is 5.41 Å². The molecule has 0 saturated carbocycles. The monoisotopic (exact) mass is 510 g/mol. The van der Waals surface area contributed by atoms with Crippen molar-refractivity contribution in [1.29, 1.82) is 0 Å². The van der Waals surface area contributed by atoms with E-state index < -0.39 is 29.3 Å². The number of hydrogen-bond acceptors (Lipinski definition) is 4. The summed E-state index contributed by atoms with van der Waals surface area (Å²) in [7, 11) is 0. The minimum absolute atomic E-state index is 0.0795. The molecule has 0 atom stereocenters. The van der Waals surface area contributed by atoms with Crippen LogP contribution in [0.4, 0.5) is 0 Å². The van der Waals surface area contributed by atoms with Crippen molar-refractivity contribution in [1.82, 2.24) is 0 Å². The second-order valence-electron chi connectivity index (χ2n) is 8.73. The zero-order valence-electron chi connectivity index (χ0n) is 19.9. The highest BCUT2D eigenvalue weighted by atomic mass is 16.4. The standard InChI is InChI=1S/C30H22O8/c31-26(32)19-3-1-18(2-4-19)17-30(23-11-5-20(6-12-23)27(33)34,24-13-7-21(8-14-24)28(35)36)25-15-9-22(10-16-25)29(37)38/h1-16H,17H2,(H,31,32)(H,33,34)(H,35,36)(H,37,38). The van der Waals surface area contributed by atoms with Crippen molar-refractivity contribution < 1.29 is 39.6 Å². The van der Waals surface area contributed by atoms with E-state index in [1.54, 1.807) is 48.5 Å². The number of carboxylic acid groups (broad SMARTS) is 4. The summed E-state index contributed by atoms with van der Waals surface area (Å²) in [5, 5.41) is 37.6. The Morgan fingerprint density at radius 3 is 0.895 bits per heavy atom. The lowest BCUT2D eigenvalue weighted by atomic mass is 9.65. The predicted octanol–water partition coefficient (Wildman–Crippen LogP) is 5.06. The molecule has 0 amide bonds. The largest absolute Gasteiger partial charge is 0.478 e. The number of benzene rings is 4. The van der Waals surface area contributed by atoms with E-state index in [1.807, 2.05) is 0 Å². The molecule has 0 unspecified atom stereocenters. The van der Waals surface area contributed by atoms with Gasteiger partial charge in [-0.15, -0.1) is 0 Å². The SMILES string of the molecule is O=C(O)c1ccc(CC(c2ccc(C(=O)O)cc2)(c2ccc(C(=O)O)cc2)c2ccc(C(=O)O)cc2)cc1. The summed E-state index contributed by atoms with van der Waals surface area (Å²) in [5.41, 5.74) is 2.12. The number of carbonyl (C=O) groups is 4. The highest BCUT2D eigenvalue weighted by molar-refractivity contribution is 5.89. The lowest BCUT2D eigenvalue weighted by molar-refractivity contribution is 0.0686. The Labute approximate surface area is 217 Å². The molecule has 4 N–H and O–H groups in total. The van der Waals surface area contributed by atoms with Crippen LogP contribution in [0.2, 0.25) is 0 Å². The second kappa shape index (κ2) is 10.4. The van der Waals surface area contributed by atoms with E-state index in [0.717, 1.165) is 5.56 Å². The van der Waals surface area contributed by atoms with Crippen molar-refractivity contribution in [3.05, 3.63) is 142 Å². The number of aromatic carboxylic acids is 4. The van der Waals surface area contributed by atoms with Gasteiger partial charge >= 0.3 is 23.9 Å². The summed E-state index contributed by atoms with van der Waals surface area (Å²) in [6.45, 7) is 0. The smallest absolute Gasteiger partial charge is 0.335 e. The van der Waals surface area contributed by atoms with Gasteiger partial charge < -0.3 is 20.4 Å². The Morgan fingerprint density at radius 1 is 0.421 bits per heavy atom. The first-order chi connectivity index (χ1) is 18.1. The first-order valence-electron chi connectivity index (χ1n) is 11.5. The van der Waals surface area contributed by atoms with Crippen LogP contribution in [0, 0.1) is 0 Å². The normalized spacial score (nSPS) is 11.1. The number of carboxylic acids is 4. The summed E-state index contributed by atoms with van der Waals surface area (Å²) in [6, 6.07) is 25.2. The van der Waals surface area contributed by atoms with Crippen molar-refractivity contribution >= 4 is 23.9 Å². The summed E-state index contributed by atoms with van der Waals surface area (Å²) in [5.74, 6) is -4.35. The molecule has 38 heavy (non-hydrogen) atoms. The summed E-state index contributed by atoms with van der Waals surface area (Å²) in [4.78, 5) is 45.9. The van der Waals surface area contributed by atoms with Crippen LogP contribution in [0.1, 0.15) is 63.7 Å². The van der Waals surface area contributed by atoms with Crippen molar-refractivity contribution in [3.8, 4) is 0 Å². The molecule has 0 bridgehead atoms. The third-order valence-corrected chi connectivity index (χ3v) is 6.54. The summed E-state index contributed by atoms with van der Waals surface area (Å²) < 4.78 is 0. The van der Waals surface area contributed by atoms with Gasteiger partial charge in [-0.25, -0.2) is 19.2 Å². The maximum Gasteiger partial charge on any atom is 0.335 e. The Bertz CT molecular complexity index is 1360. The molecule has 0 saturated heterocycles. The molecule has 4 aromatic rings. The van der Waals surface area contributed by atoms with E-state index in [1.165, 1.54) is 48.5 Å². The third kappa shape index (κ3) is 5.01. The average molecular weight is 510 g/mol. The lowest BCUT2D eigenvalue weighted by Gasteiger charge is -2.36. The molecule has 0 aliphatic rings.